The lowest BCUT2D eigenvalue weighted by atomic mass is 10.1. The molecule has 94 valence electrons. The number of hydrogen-bond donors (Lipinski definition) is 1. The second-order valence-corrected chi connectivity index (χ2v) is 5.32. The molecule has 0 spiro atoms. The van der Waals surface area contributed by atoms with Crippen LogP contribution in [0.3, 0.4) is 0 Å². The molecule has 2 N–H and O–H groups in total. The van der Waals surface area contributed by atoms with Gasteiger partial charge in [-0.25, -0.2) is 0 Å². The molecule has 0 aromatic heterocycles. The van der Waals surface area contributed by atoms with Crippen molar-refractivity contribution in [1.82, 2.24) is 4.90 Å². The lowest BCUT2D eigenvalue weighted by molar-refractivity contribution is 0.319. The normalized spacial score (nSPS) is 10.8. The minimum absolute atomic E-state index is 0.835. The van der Waals surface area contributed by atoms with Crippen molar-refractivity contribution >= 4 is 21.6 Å². The van der Waals surface area contributed by atoms with E-state index < -0.39 is 0 Å². The molecular weight excluding hydrogens is 288 g/mol. The van der Waals surface area contributed by atoms with Gasteiger partial charge in [-0.3, -0.25) is 4.90 Å². The van der Waals surface area contributed by atoms with Crippen LogP contribution in [0.25, 0.3) is 0 Å². The van der Waals surface area contributed by atoms with Gasteiger partial charge in [-0.05, 0) is 24.7 Å². The van der Waals surface area contributed by atoms with Crippen LogP contribution in [0.1, 0.15) is 11.1 Å². The van der Waals surface area contributed by atoms with Gasteiger partial charge < -0.3 is 5.73 Å². The molecule has 0 aliphatic rings. The largest absolute Gasteiger partial charge is 0.398 e. The van der Waals surface area contributed by atoms with E-state index in [-0.39, 0.29) is 0 Å². The maximum Gasteiger partial charge on any atom is 0.0371 e. The molecule has 0 bridgehead atoms. The summed E-state index contributed by atoms with van der Waals surface area (Å²) in [6, 6.07) is 16.4. The summed E-state index contributed by atoms with van der Waals surface area (Å²) in [6.45, 7) is 1.75. The van der Waals surface area contributed by atoms with Crippen LogP contribution in [0.4, 0.5) is 5.69 Å². The maximum absolute atomic E-state index is 6.01. The third-order valence-electron chi connectivity index (χ3n) is 2.88. The molecular formula is C15H17BrN2. The molecule has 18 heavy (non-hydrogen) atoms. The van der Waals surface area contributed by atoms with E-state index in [2.05, 4.69) is 52.1 Å². The number of nitrogens with two attached hydrogens (primary N) is 1. The van der Waals surface area contributed by atoms with Crippen LogP contribution in [0.2, 0.25) is 0 Å². The first-order chi connectivity index (χ1) is 8.66. The highest BCUT2D eigenvalue weighted by molar-refractivity contribution is 9.10. The molecule has 0 unspecified atom stereocenters. The standard InChI is InChI=1S/C15H17BrN2/c1-18(10-12-6-3-2-4-7-12)11-13-14(16)8-5-9-15(13)17/h2-9H,10-11,17H2,1H3. The van der Waals surface area contributed by atoms with Crippen molar-refractivity contribution in [2.24, 2.45) is 0 Å². The minimum Gasteiger partial charge on any atom is -0.398 e. The highest BCUT2D eigenvalue weighted by atomic mass is 79.9. The average Bonchev–Trinajstić information content (AvgIpc) is 2.35. The summed E-state index contributed by atoms with van der Waals surface area (Å²) >= 11 is 3.55. The van der Waals surface area contributed by atoms with Gasteiger partial charge in [0.05, 0.1) is 0 Å². The third-order valence-corrected chi connectivity index (χ3v) is 3.62. The first-order valence-corrected chi connectivity index (χ1v) is 6.71. The Morgan fingerprint density at radius 2 is 1.72 bits per heavy atom. The van der Waals surface area contributed by atoms with E-state index in [0.29, 0.717) is 0 Å². The molecule has 2 nitrogen and oxygen atoms in total. The minimum atomic E-state index is 0.835. The molecule has 0 atom stereocenters. The molecule has 2 aromatic rings. The molecule has 2 aromatic carbocycles. The fourth-order valence-electron chi connectivity index (χ4n) is 1.96. The van der Waals surface area contributed by atoms with Crippen molar-refractivity contribution in [3.63, 3.8) is 0 Å². The summed E-state index contributed by atoms with van der Waals surface area (Å²) in [5.41, 5.74) is 9.30. The number of nitrogen functional groups attached to an aromatic ring is 1. The number of benzene rings is 2. The van der Waals surface area contributed by atoms with Crippen LogP contribution in [0.15, 0.2) is 53.0 Å². The molecule has 0 amide bonds. The molecule has 0 heterocycles. The van der Waals surface area contributed by atoms with Gasteiger partial charge in [0.15, 0.2) is 0 Å². The molecule has 0 fully saturated rings. The van der Waals surface area contributed by atoms with Crippen molar-refractivity contribution in [3.8, 4) is 0 Å². The summed E-state index contributed by atoms with van der Waals surface area (Å²) in [5, 5.41) is 0. The first kappa shape index (κ1) is 13.1. The fourth-order valence-corrected chi connectivity index (χ4v) is 2.47. The van der Waals surface area contributed by atoms with Gasteiger partial charge in [-0.15, -0.1) is 0 Å². The van der Waals surface area contributed by atoms with Gasteiger partial charge >= 0.3 is 0 Å². The Hall–Kier alpha value is -1.32. The summed E-state index contributed by atoms with van der Waals surface area (Å²) in [7, 11) is 2.10. The van der Waals surface area contributed by atoms with Gasteiger partial charge in [0.25, 0.3) is 0 Å². The van der Waals surface area contributed by atoms with Crippen LogP contribution in [0.5, 0.6) is 0 Å². The first-order valence-electron chi connectivity index (χ1n) is 5.92. The Bertz CT molecular complexity index is 491. The van der Waals surface area contributed by atoms with Gasteiger partial charge in [0.1, 0.15) is 0 Å². The van der Waals surface area contributed by atoms with Crippen molar-refractivity contribution < 1.29 is 0 Å². The van der Waals surface area contributed by atoms with Crippen LogP contribution in [-0.4, -0.2) is 11.9 Å². The number of halogens is 1. The molecule has 0 aliphatic heterocycles. The van der Waals surface area contributed by atoms with Crippen molar-refractivity contribution in [1.29, 1.82) is 0 Å². The van der Waals surface area contributed by atoms with Crippen LogP contribution in [0, 0.1) is 0 Å². The Labute approximate surface area is 117 Å². The van der Waals surface area contributed by atoms with Crippen LogP contribution < -0.4 is 5.73 Å². The zero-order valence-electron chi connectivity index (χ0n) is 10.4. The number of anilines is 1. The maximum atomic E-state index is 6.01. The molecule has 0 aliphatic carbocycles. The van der Waals surface area contributed by atoms with E-state index in [4.69, 9.17) is 5.73 Å². The second kappa shape index (κ2) is 6.03. The average molecular weight is 305 g/mol. The molecule has 2 rings (SSSR count). The van der Waals surface area contributed by atoms with E-state index in [0.717, 1.165) is 28.8 Å². The SMILES string of the molecule is CN(Cc1ccccc1)Cc1c(N)cccc1Br. The second-order valence-electron chi connectivity index (χ2n) is 4.47. The number of rotatable bonds is 4. The topological polar surface area (TPSA) is 29.3 Å². The Kier molecular flexibility index (Phi) is 4.39. The zero-order chi connectivity index (χ0) is 13.0. The predicted octanol–water partition coefficient (Wildman–Crippen LogP) is 3.66. The van der Waals surface area contributed by atoms with E-state index in [1.165, 1.54) is 5.56 Å². The monoisotopic (exact) mass is 304 g/mol. The highest BCUT2D eigenvalue weighted by Gasteiger charge is 2.07. The Morgan fingerprint density at radius 1 is 1.00 bits per heavy atom. The smallest absolute Gasteiger partial charge is 0.0371 e. The zero-order valence-corrected chi connectivity index (χ0v) is 12.0. The molecule has 0 radical (unpaired) electrons. The summed E-state index contributed by atoms with van der Waals surface area (Å²) in [5.74, 6) is 0. The lowest BCUT2D eigenvalue weighted by Gasteiger charge is -2.19. The highest BCUT2D eigenvalue weighted by Crippen LogP contribution is 2.24. The van der Waals surface area contributed by atoms with E-state index in [9.17, 15) is 0 Å². The van der Waals surface area contributed by atoms with Crippen molar-refractivity contribution in [2.45, 2.75) is 13.1 Å². The summed E-state index contributed by atoms with van der Waals surface area (Å²) < 4.78 is 1.07. The van der Waals surface area contributed by atoms with E-state index >= 15 is 0 Å². The number of hydrogen-bond acceptors (Lipinski definition) is 2. The quantitative estimate of drug-likeness (QED) is 0.873. The fraction of sp³-hybridized carbons (Fsp3) is 0.200. The third kappa shape index (κ3) is 3.34. The molecule has 0 saturated heterocycles. The summed E-state index contributed by atoms with van der Waals surface area (Å²) in [6.07, 6.45) is 0. The Morgan fingerprint density at radius 3 is 2.39 bits per heavy atom. The molecule has 3 heteroatoms. The van der Waals surface area contributed by atoms with Gasteiger partial charge in [-0.1, -0.05) is 52.3 Å². The molecule has 0 saturated carbocycles. The van der Waals surface area contributed by atoms with Gasteiger partial charge in [-0.2, -0.15) is 0 Å². The van der Waals surface area contributed by atoms with Gasteiger partial charge in [0, 0.05) is 28.8 Å². The van der Waals surface area contributed by atoms with Crippen molar-refractivity contribution in [2.75, 3.05) is 12.8 Å². The van der Waals surface area contributed by atoms with E-state index in [1.807, 2.05) is 24.3 Å². The lowest BCUT2D eigenvalue weighted by Crippen LogP contribution is -2.18. The van der Waals surface area contributed by atoms with Crippen LogP contribution >= 0.6 is 15.9 Å². The predicted molar refractivity (Wildman–Crippen MR) is 80.2 cm³/mol. The van der Waals surface area contributed by atoms with Crippen LogP contribution in [-0.2, 0) is 13.1 Å². The van der Waals surface area contributed by atoms with E-state index in [1.54, 1.807) is 0 Å². The number of nitrogens with zero attached hydrogens (tertiary/aromatic N) is 1. The summed E-state index contributed by atoms with van der Waals surface area (Å²) in [4.78, 5) is 2.26. The Balaban J connectivity index is 2.06. The van der Waals surface area contributed by atoms with Crippen molar-refractivity contribution in [3.05, 3.63) is 64.1 Å². The van der Waals surface area contributed by atoms with Gasteiger partial charge in [0.2, 0.25) is 0 Å².